The number of nitrogens with one attached hydrogen (secondary N) is 1. The normalized spacial score (nSPS) is 26.8. The van der Waals surface area contributed by atoms with Gasteiger partial charge in [-0.1, -0.05) is 20.8 Å². The average molecular weight is 213 g/mol. The fourth-order valence-corrected chi connectivity index (χ4v) is 2.46. The first kappa shape index (κ1) is 13.0. The van der Waals surface area contributed by atoms with Crippen LogP contribution in [-0.2, 0) is 0 Å². The molecule has 2 N–H and O–H groups in total. The lowest BCUT2D eigenvalue weighted by Gasteiger charge is -2.18. The number of aliphatic hydroxyl groups is 1. The van der Waals surface area contributed by atoms with Gasteiger partial charge in [0.1, 0.15) is 0 Å². The van der Waals surface area contributed by atoms with E-state index in [2.05, 4.69) is 26.1 Å². The maximum Gasteiger partial charge on any atom is 0.0456 e. The third-order valence-corrected chi connectivity index (χ3v) is 3.59. The first-order valence-electron chi connectivity index (χ1n) is 6.38. The minimum Gasteiger partial charge on any atom is -0.396 e. The van der Waals surface area contributed by atoms with Crippen molar-refractivity contribution in [3.63, 3.8) is 0 Å². The van der Waals surface area contributed by atoms with E-state index in [1.165, 1.54) is 25.7 Å². The molecule has 0 spiro atoms. The average Bonchev–Trinajstić information content (AvgIpc) is 2.52. The van der Waals surface area contributed by atoms with Crippen LogP contribution in [-0.4, -0.2) is 24.3 Å². The van der Waals surface area contributed by atoms with E-state index in [4.69, 9.17) is 5.11 Å². The molecule has 0 amide bonds. The highest BCUT2D eigenvalue weighted by atomic mass is 16.3. The van der Waals surface area contributed by atoms with Crippen LogP contribution in [0.5, 0.6) is 0 Å². The highest BCUT2D eigenvalue weighted by Crippen LogP contribution is 2.36. The molecule has 0 bridgehead atoms. The number of aliphatic hydroxyl groups excluding tert-OH is 1. The highest BCUT2D eigenvalue weighted by molar-refractivity contribution is 4.86. The molecule has 90 valence electrons. The lowest BCUT2D eigenvalue weighted by Crippen LogP contribution is -2.28. The third-order valence-electron chi connectivity index (χ3n) is 3.59. The molecule has 2 heteroatoms. The molecule has 2 nitrogen and oxygen atoms in total. The Hall–Kier alpha value is -0.0800. The Labute approximate surface area is 94.5 Å². The zero-order chi connectivity index (χ0) is 11.3. The minimum absolute atomic E-state index is 0.330. The van der Waals surface area contributed by atoms with Crippen molar-refractivity contribution in [1.82, 2.24) is 5.32 Å². The number of hydrogen-bond acceptors (Lipinski definition) is 2. The van der Waals surface area contributed by atoms with Gasteiger partial charge in [-0.3, -0.25) is 0 Å². The maximum atomic E-state index is 8.89. The maximum absolute atomic E-state index is 8.89. The smallest absolute Gasteiger partial charge is 0.0456 e. The summed E-state index contributed by atoms with van der Waals surface area (Å²) in [5.74, 6) is 0.465. The predicted octanol–water partition coefficient (Wildman–Crippen LogP) is 2.56. The molecular formula is C13H27NO. The molecule has 1 saturated carbocycles. The molecule has 1 fully saturated rings. The van der Waals surface area contributed by atoms with Gasteiger partial charge in [0.25, 0.3) is 0 Å². The summed E-state index contributed by atoms with van der Waals surface area (Å²) in [6.45, 7) is 8.28. The molecular weight excluding hydrogens is 186 g/mol. The topological polar surface area (TPSA) is 32.3 Å². The molecule has 1 aliphatic rings. The first-order chi connectivity index (χ1) is 7.03. The van der Waals surface area contributed by atoms with Crippen molar-refractivity contribution >= 4 is 0 Å². The summed E-state index contributed by atoms with van der Waals surface area (Å²) < 4.78 is 0. The van der Waals surface area contributed by atoms with E-state index in [0.29, 0.717) is 17.9 Å². The molecule has 2 atom stereocenters. The molecule has 1 aliphatic carbocycles. The Balaban J connectivity index is 2.02. The van der Waals surface area contributed by atoms with E-state index in [1.807, 2.05) is 0 Å². The molecule has 0 aromatic heterocycles. The SMILES string of the molecule is CC(CO)CCCNC1CCC(C)(C)C1. The van der Waals surface area contributed by atoms with E-state index in [-0.39, 0.29) is 0 Å². The second-order valence-electron chi connectivity index (χ2n) is 5.99. The van der Waals surface area contributed by atoms with Crippen molar-refractivity contribution in [2.75, 3.05) is 13.2 Å². The largest absolute Gasteiger partial charge is 0.396 e. The molecule has 0 saturated heterocycles. The van der Waals surface area contributed by atoms with Crippen molar-refractivity contribution in [3.05, 3.63) is 0 Å². The molecule has 0 aromatic carbocycles. The summed E-state index contributed by atoms with van der Waals surface area (Å²) in [5, 5.41) is 12.5. The van der Waals surface area contributed by atoms with Crippen LogP contribution in [0, 0.1) is 11.3 Å². The molecule has 15 heavy (non-hydrogen) atoms. The predicted molar refractivity (Wildman–Crippen MR) is 64.9 cm³/mol. The van der Waals surface area contributed by atoms with Crippen molar-refractivity contribution in [2.45, 2.75) is 58.9 Å². The minimum atomic E-state index is 0.330. The monoisotopic (exact) mass is 213 g/mol. The van der Waals surface area contributed by atoms with E-state index in [1.54, 1.807) is 0 Å². The van der Waals surface area contributed by atoms with Gasteiger partial charge in [0.15, 0.2) is 0 Å². The van der Waals surface area contributed by atoms with Crippen molar-refractivity contribution < 1.29 is 5.11 Å². The van der Waals surface area contributed by atoms with Crippen LogP contribution in [0.3, 0.4) is 0 Å². The fourth-order valence-electron chi connectivity index (χ4n) is 2.46. The van der Waals surface area contributed by atoms with Gasteiger partial charge >= 0.3 is 0 Å². The Bertz CT molecular complexity index is 179. The van der Waals surface area contributed by atoms with Gasteiger partial charge in [0, 0.05) is 12.6 Å². The van der Waals surface area contributed by atoms with Gasteiger partial charge in [0.2, 0.25) is 0 Å². The molecule has 2 unspecified atom stereocenters. The fraction of sp³-hybridized carbons (Fsp3) is 1.00. The van der Waals surface area contributed by atoms with E-state index >= 15 is 0 Å². The van der Waals surface area contributed by atoms with Gasteiger partial charge in [0.05, 0.1) is 0 Å². The first-order valence-corrected chi connectivity index (χ1v) is 6.38. The highest BCUT2D eigenvalue weighted by Gasteiger charge is 2.30. The van der Waals surface area contributed by atoms with Crippen LogP contribution in [0.15, 0.2) is 0 Å². The van der Waals surface area contributed by atoms with Crippen LogP contribution in [0.25, 0.3) is 0 Å². The Morgan fingerprint density at radius 1 is 1.47 bits per heavy atom. The summed E-state index contributed by atoms with van der Waals surface area (Å²) in [4.78, 5) is 0. The van der Waals surface area contributed by atoms with E-state index in [9.17, 15) is 0 Å². The lowest BCUT2D eigenvalue weighted by molar-refractivity contribution is 0.227. The standard InChI is InChI=1S/C13H27NO/c1-11(10-15)5-4-8-14-12-6-7-13(2,3)9-12/h11-12,14-15H,4-10H2,1-3H3. The third kappa shape index (κ3) is 4.98. The lowest BCUT2D eigenvalue weighted by atomic mass is 9.92. The van der Waals surface area contributed by atoms with Crippen molar-refractivity contribution in [3.8, 4) is 0 Å². The van der Waals surface area contributed by atoms with Crippen molar-refractivity contribution in [1.29, 1.82) is 0 Å². The van der Waals surface area contributed by atoms with Crippen LogP contribution >= 0.6 is 0 Å². The Morgan fingerprint density at radius 2 is 2.20 bits per heavy atom. The summed E-state index contributed by atoms with van der Waals surface area (Å²) in [6, 6.07) is 0.740. The zero-order valence-electron chi connectivity index (χ0n) is 10.6. The molecule has 0 radical (unpaired) electrons. The van der Waals surface area contributed by atoms with Gasteiger partial charge < -0.3 is 10.4 Å². The summed E-state index contributed by atoms with van der Waals surface area (Å²) >= 11 is 0. The van der Waals surface area contributed by atoms with E-state index in [0.717, 1.165) is 19.0 Å². The number of hydrogen-bond donors (Lipinski definition) is 2. The Kier molecular flexibility index (Phi) is 5.07. The molecule has 0 heterocycles. The second kappa shape index (κ2) is 5.86. The van der Waals surface area contributed by atoms with Crippen LogP contribution in [0.4, 0.5) is 0 Å². The quantitative estimate of drug-likeness (QED) is 0.665. The second-order valence-corrected chi connectivity index (χ2v) is 5.99. The molecule has 1 rings (SSSR count). The molecule has 0 aromatic rings. The van der Waals surface area contributed by atoms with E-state index < -0.39 is 0 Å². The van der Waals surface area contributed by atoms with Gasteiger partial charge in [-0.05, 0) is 50.0 Å². The molecule has 0 aliphatic heterocycles. The van der Waals surface area contributed by atoms with Gasteiger partial charge in [-0.2, -0.15) is 0 Å². The summed E-state index contributed by atoms with van der Waals surface area (Å²) in [7, 11) is 0. The van der Waals surface area contributed by atoms with Gasteiger partial charge in [-0.15, -0.1) is 0 Å². The summed E-state index contributed by atoms with van der Waals surface area (Å²) in [6.07, 6.45) is 6.35. The van der Waals surface area contributed by atoms with Crippen LogP contribution in [0.1, 0.15) is 52.9 Å². The Morgan fingerprint density at radius 3 is 2.73 bits per heavy atom. The van der Waals surface area contributed by atoms with Gasteiger partial charge in [-0.25, -0.2) is 0 Å². The van der Waals surface area contributed by atoms with Crippen LogP contribution < -0.4 is 5.32 Å². The number of rotatable bonds is 6. The summed E-state index contributed by atoms with van der Waals surface area (Å²) in [5.41, 5.74) is 0.552. The van der Waals surface area contributed by atoms with Crippen LogP contribution in [0.2, 0.25) is 0 Å². The zero-order valence-corrected chi connectivity index (χ0v) is 10.6. The van der Waals surface area contributed by atoms with Crippen molar-refractivity contribution in [2.24, 2.45) is 11.3 Å².